The zero-order chi connectivity index (χ0) is 18.6. The van der Waals surface area contributed by atoms with Gasteiger partial charge in [-0.25, -0.2) is 0 Å². The topological polar surface area (TPSA) is 59.6 Å². The molecule has 1 fully saturated rings. The minimum atomic E-state index is -4.57. The molecule has 1 aliphatic heterocycles. The monoisotopic (exact) mass is 374 g/mol. The number of hydrogen-bond acceptors (Lipinski definition) is 4. The van der Waals surface area contributed by atoms with E-state index in [4.69, 9.17) is 21.7 Å². The minimum Gasteiger partial charge on any atom is -0.463 e. The number of thiocarbonyl (C=S) groups is 1. The summed E-state index contributed by atoms with van der Waals surface area (Å²) in [6.45, 7) is 3.87. The third kappa shape index (κ3) is 4.49. The zero-order valence-electron chi connectivity index (χ0n) is 13.4. The number of esters is 1. The summed E-state index contributed by atoms with van der Waals surface area (Å²) in [5.74, 6) is -1.79. The highest BCUT2D eigenvalue weighted by Crippen LogP contribution is 2.39. The van der Waals surface area contributed by atoms with Gasteiger partial charge in [0, 0.05) is 12.8 Å². The van der Waals surface area contributed by atoms with E-state index in [0.29, 0.717) is 0 Å². The number of ether oxygens (including phenoxy) is 2. The Balaban J connectivity index is 2.39. The van der Waals surface area contributed by atoms with Crippen LogP contribution in [0.3, 0.4) is 0 Å². The summed E-state index contributed by atoms with van der Waals surface area (Å²) < 4.78 is 49.9. The van der Waals surface area contributed by atoms with Crippen molar-refractivity contribution in [3.05, 3.63) is 47.7 Å². The van der Waals surface area contributed by atoms with E-state index < -0.39 is 29.7 Å². The van der Waals surface area contributed by atoms with Crippen molar-refractivity contribution in [2.45, 2.75) is 12.2 Å². The molecule has 1 heterocycles. The Morgan fingerprint density at radius 2 is 2.00 bits per heavy atom. The van der Waals surface area contributed by atoms with Crippen molar-refractivity contribution < 1.29 is 27.4 Å². The summed E-state index contributed by atoms with van der Waals surface area (Å²) >= 11 is 5.01. The molecule has 136 valence electrons. The van der Waals surface area contributed by atoms with Crippen LogP contribution in [0.5, 0.6) is 0 Å². The second-order valence-corrected chi connectivity index (χ2v) is 5.73. The molecule has 0 radical (unpaired) electrons. The van der Waals surface area contributed by atoms with E-state index in [1.165, 1.54) is 25.3 Å². The molecular formula is C16H17F3N2O3S. The van der Waals surface area contributed by atoms with Crippen LogP contribution >= 0.6 is 12.2 Å². The number of benzene rings is 1. The third-order valence-corrected chi connectivity index (χ3v) is 3.88. The van der Waals surface area contributed by atoms with Gasteiger partial charge >= 0.3 is 12.1 Å². The average molecular weight is 374 g/mol. The number of methoxy groups -OCH3 is 1. The largest absolute Gasteiger partial charge is 0.463 e. The molecule has 0 saturated carbocycles. The first kappa shape index (κ1) is 19.2. The van der Waals surface area contributed by atoms with Gasteiger partial charge in [-0.15, -0.1) is 0 Å². The van der Waals surface area contributed by atoms with Gasteiger partial charge in [0.25, 0.3) is 0 Å². The highest BCUT2D eigenvalue weighted by atomic mass is 32.1. The zero-order valence-corrected chi connectivity index (χ0v) is 14.2. The smallest absolute Gasteiger partial charge is 0.416 e. The van der Waals surface area contributed by atoms with E-state index in [1.54, 1.807) is 0 Å². The molecule has 2 atom stereocenters. The molecule has 2 rings (SSSR count). The summed E-state index contributed by atoms with van der Waals surface area (Å²) in [5.41, 5.74) is -0.776. The lowest BCUT2D eigenvalue weighted by Gasteiger charge is -2.35. The molecule has 0 aliphatic carbocycles. The van der Waals surface area contributed by atoms with E-state index in [-0.39, 0.29) is 29.6 Å². The fourth-order valence-electron chi connectivity index (χ4n) is 2.56. The lowest BCUT2D eigenvalue weighted by molar-refractivity contribution is -0.150. The van der Waals surface area contributed by atoms with E-state index in [0.717, 1.165) is 6.07 Å². The van der Waals surface area contributed by atoms with E-state index in [1.807, 2.05) is 0 Å². The molecule has 2 N–H and O–H groups in total. The number of carbonyl (C=O) groups is 1. The SMILES string of the molecule is C=C1NC(=S)N[C@@H](c2ccccc2C(F)(F)F)[C@@H]1C(=O)OCCOC. The molecule has 0 aromatic heterocycles. The van der Waals surface area contributed by atoms with E-state index in [2.05, 4.69) is 17.2 Å². The van der Waals surface area contributed by atoms with Gasteiger partial charge in [0.15, 0.2) is 5.11 Å². The predicted octanol–water partition coefficient (Wildman–Crippen LogP) is 2.54. The molecular weight excluding hydrogens is 357 g/mol. The Kier molecular flexibility index (Phi) is 6.02. The van der Waals surface area contributed by atoms with Crippen molar-refractivity contribution in [3.63, 3.8) is 0 Å². The van der Waals surface area contributed by atoms with Gasteiger partial charge in [0.05, 0.1) is 18.2 Å². The highest BCUT2D eigenvalue weighted by molar-refractivity contribution is 7.80. The minimum absolute atomic E-state index is 0.0167. The summed E-state index contributed by atoms with van der Waals surface area (Å²) in [6, 6.07) is 3.96. The predicted molar refractivity (Wildman–Crippen MR) is 88.5 cm³/mol. The van der Waals surface area contributed by atoms with Gasteiger partial charge < -0.3 is 20.1 Å². The Bertz CT molecular complexity index is 679. The van der Waals surface area contributed by atoms with Gasteiger partial charge in [-0.05, 0) is 23.8 Å². The molecule has 5 nitrogen and oxygen atoms in total. The van der Waals surface area contributed by atoms with Crippen LogP contribution in [0.15, 0.2) is 36.5 Å². The van der Waals surface area contributed by atoms with Crippen LogP contribution in [0.1, 0.15) is 17.2 Å². The molecule has 25 heavy (non-hydrogen) atoms. The highest BCUT2D eigenvalue weighted by Gasteiger charge is 2.42. The average Bonchev–Trinajstić information content (AvgIpc) is 2.53. The maximum atomic E-state index is 13.3. The van der Waals surface area contributed by atoms with Crippen LogP contribution in [0.4, 0.5) is 13.2 Å². The van der Waals surface area contributed by atoms with E-state index >= 15 is 0 Å². The molecule has 1 aromatic rings. The summed E-state index contributed by atoms with van der Waals surface area (Å²) in [7, 11) is 1.44. The first-order valence-corrected chi connectivity index (χ1v) is 7.74. The van der Waals surface area contributed by atoms with Gasteiger partial charge in [-0.1, -0.05) is 24.8 Å². The summed E-state index contributed by atoms with van der Waals surface area (Å²) in [5, 5.41) is 5.49. The van der Waals surface area contributed by atoms with Crippen LogP contribution < -0.4 is 10.6 Å². The molecule has 0 bridgehead atoms. The fraction of sp³-hybridized carbons (Fsp3) is 0.375. The van der Waals surface area contributed by atoms with Crippen LogP contribution in [0, 0.1) is 5.92 Å². The van der Waals surface area contributed by atoms with Crippen LogP contribution in [-0.4, -0.2) is 31.4 Å². The number of hydrogen-bond donors (Lipinski definition) is 2. The number of carbonyl (C=O) groups excluding carboxylic acids is 1. The number of rotatable bonds is 5. The van der Waals surface area contributed by atoms with Crippen molar-refractivity contribution in [2.24, 2.45) is 5.92 Å². The normalized spacial score (nSPS) is 20.6. The molecule has 9 heteroatoms. The van der Waals surface area contributed by atoms with Crippen LogP contribution in [-0.2, 0) is 20.4 Å². The Labute approximate surface area is 148 Å². The lowest BCUT2D eigenvalue weighted by atomic mass is 9.86. The van der Waals surface area contributed by atoms with Gasteiger partial charge in [0.2, 0.25) is 0 Å². The standard InChI is InChI=1S/C16H17F3N2O3S/c1-9-12(14(22)24-8-7-23-2)13(21-15(25)20-9)10-5-3-4-6-11(10)16(17,18)19/h3-6,12-13H,1,7-8H2,2H3,(H2,20,21,25)/t12-,13+/m1/s1. The van der Waals surface area contributed by atoms with Crippen LogP contribution in [0.25, 0.3) is 0 Å². The van der Waals surface area contributed by atoms with Crippen molar-refractivity contribution in [3.8, 4) is 0 Å². The lowest BCUT2D eigenvalue weighted by Crippen LogP contribution is -2.51. The number of halogens is 3. The number of alkyl halides is 3. The first-order chi connectivity index (χ1) is 11.8. The molecule has 0 unspecified atom stereocenters. The molecule has 1 aromatic carbocycles. The van der Waals surface area contributed by atoms with Gasteiger partial charge in [-0.2, -0.15) is 13.2 Å². The molecule has 0 spiro atoms. The molecule has 1 saturated heterocycles. The van der Waals surface area contributed by atoms with Crippen LogP contribution in [0.2, 0.25) is 0 Å². The van der Waals surface area contributed by atoms with Crippen molar-refractivity contribution >= 4 is 23.3 Å². The second kappa shape index (κ2) is 7.83. The Hall–Kier alpha value is -2.13. The van der Waals surface area contributed by atoms with Crippen molar-refractivity contribution in [1.29, 1.82) is 0 Å². The fourth-order valence-corrected chi connectivity index (χ4v) is 2.82. The van der Waals surface area contributed by atoms with Gasteiger partial charge in [-0.3, -0.25) is 4.79 Å². The molecule has 0 amide bonds. The van der Waals surface area contributed by atoms with E-state index in [9.17, 15) is 18.0 Å². The third-order valence-electron chi connectivity index (χ3n) is 3.66. The second-order valence-electron chi connectivity index (χ2n) is 5.32. The van der Waals surface area contributed by atoms with Crippen molar-refractivity contribution in [1.82, 2.24) is 10.6 Å². The Morgan fingerprint density at radius 3 is 2.64 bits per heavy atom. The molecule has 1 aliphatic rings. The van der Waals surface area contributed by atoms with Gasteiger partial charge in [0.1, 0.15) is 12.5 Å². The summed E-state index contributed by atoms with van der Waals surface area (Å²) in [4.78, 5) is 12.4. The number of nitrogens with one attached hydrogen (secondary N) is 2. The Morgan fingerprint density at radius 1 is 1.32 bits per heavy atom. The first-order valence-electron chi connectivity index (χ1n) is 7.33. The summed E-state index contributed by atoms with van der Waals surface area (Å²) in [6.07, 6.45) is -4.57. The maximum Gasteiger partial charge on any atom is 0.416 e. The maximum absolute atomic E-state index is 13.3. The van der Waals surface area contributed by atoms with Crippen molar-refractivity contribution in [2.75, 3.05) is 20.3 Å². The quantitative estimate of drug-likeness (QED) is 0.469.